The van der Waals surface area contributed by atoms with Crippen LogP contribution >= 0.6 is 11.3 Å². The fraction of sp³-hybridized carbons (Fsp3) is 0.125. The maximum Gasteiger partial charge on any atom is 0.263 e. The van der Waals surface area contributed by atoms with Crippen molar-refractivity contribution in [2.75, 3.05) is 10.0 Å². The number of hydrogen-bond acceptors (Lipinski definition) is 7. The van der Waals surface area contributed by atoms with Crippen molar-refractivity contribution in [3.63, 3.8) is 0 Å². The molecule has 2 heterocycles. The van der Waals surface area contributed by atoms with Crippen LogP contribution in [0.25, 0.3) is 0 Å². The van der Waals surface area contributed by atoms with Crippen LogP contribution in [0.15, 0.2) is 53.7 Å². The minimum Gasteiger partial charge on any atom is -0.322 e. The van der Waals surface area contributed by atoms with Gasteiger partial charge in [-0.3, -0.25) is 14.5 Å². The second kappa shape index (κ2) is 7.58. The summed E-state index contributed by atoms with van der Waals surface area (Å²) in [5, 5.41) is 11.3. The van der Waals surface area contributed by atoms with Crippen molar-refractivity contribution < 1.29 is 13.2 Å². The maximum absolute atomic E-state index is 12.4. The molecule has 1 aromatic carbocycles. The van der Waals surface area contributed by atoms with Gasteiger partial charge < -0.3 is 5.32 Å². The molecule has 1 amide bonds. The van der Waals surface area contributed by atoms with Crippen molar-refractivity contribution in [3.8, 4) is 0 Å². The van der Waals surface area contributed by atoms with Crippen LogP contribution in [-0.2, 0) is 16.4 Å². The van der Waals surface area contributed by atoms with Crippen LogP contribution < -0.4 is 10.0 Å². The van der Waals surface area contributed by atoms with Crippen molar-refractivity contribution in [1.82, 2.24) is 15.2 Å². The van der Waals surface area contributed by atoms with Gasteiger partial charge in [-0.1, -0.05) is 18.3 Å². The van der Waals surface area contributed by atoms with E-state index in [-0.39, 0.29) is 15.9 Å². The highest BCUT2D eigenvalue weighted by atomic mass is 32.2. The van der Waals surface area contributed by atoms with E-state index < -0.39 is 10.0 Å². The minimum atomic E-state index is -3.77. The quantitative estimate of drug-likeness (QED) is 0.670. The third-order valence-corrected chi connectivity index (χ3v) is 5.80. The molecule has 0 unspecified atom stereocenters. The van der Waals surface area contributed by atoms with Gasteiger partial charge in [0.05, 0.1) is 10.5 Å². The largest absolute Gasteiger partial charge is 0.322 e. The van der Waals surface area contributed by atoms with Gasteiger partial charge in [0.1, 0.15) is 5.01 Å². The van der Waals surface area contributed by atoms with E-state index in [4.69, 9.17) is 0 Å². The highest BCUT2D eigenvalue weighted by Crippen LogP contribution is 2.21. The number of benzene rings is 1. The summed E-state index contributed by atoms with van der Waals surface area (Å²) in [5.74, 6) is -0.326. The molecule has 0 aliphatic carbocycles. The highest BCUT2D eigenvalue weighted by molar-refractivity contribution is 7.93. The number of anilines is 2. The van der Waals surface area contributed by atoms with E-state index >= 15 is 0 Å². The van der Waals surface area contributed by atoms with Gasteiger partial charge in [-0.05, 0) is 42.8 Å². The molecule has 3 rings (SSSR count). The van der Waals surface area contributed by atoms with Gasteiger partial charge in [-0.15, -0.1) is 10.2 Å². The molecule has 0 atom stereocenters. The first kappa shape index (κ1) is 18.0. The zero-order valence-electron chi connectivity index (χ0n) is 13.7. The number of aromatic nitrogens is 3. The van der Waals surface area contributed by atoms with Crippen molar-refractivity contribution >= 4 is 38.1 Å². The fourth-order valence-electron chi connectivity index (χ4n) is 2.03. The zero-order chi connectivity index (χ0) is 18.6. The van der Waals surface area contributed by atoms with E-state index in [2.05, 4.69) is 25.2 Å². The Balaban J connectivity index is 1.71. The summed E-state index contributed by atoms with van der Waals surface area (Å²) in [6.45, 7) is 1.91. The van der Waals surface area contributed by atoms with Crippen LogP contribution in [-0.4, -0.2) is 29.5 Å². The number of amides is 1. The lowest BCUT2D eigenvalue weighted by Gasteiger charge is -2.07. The van der Waals surface area contributed by atoms with E-state index in [9.17, 15) is 13.2 Å². The first-order valence-electron chi connectivity index (χ1n) is 7.64. The number of rotatable bonds is 6. The number of carbonyl (C=O) groups excluding carboxylic acids is 1. The standard InChI is InChI=1S/C16H15N5O3S2/c1-2-14-19-20-16(25-14)21-26(23,24)13-7-5-12(6-8-13)18-15(22)11-4-3-9-17-10-11/h3-10H,2H2,1H3,(H,18,22)(H,20,21). The molecule has 0 fully saturated rings. The topological polar surface area (TPSA) is 114 Å². The molecule has 0 spiro atoms. The van der Waals surface area contributed by atoms with Gasteiger partial charge in [0.25, 0.3) is 15.9 Å². The molecule has 0 saturated heterocycles. The van der Waals surface area contributed by atoms with Crippen LogP contribution in [0.2, 0.25) is 0 Å². The summed E-state index contributed by atoms with van der Waals surface area (Å²) in [6.07, 6.45) is 3.71. The van der Waals surface area contributed by atoms with Gasteiger partial charge >= 0.3 is 0 Å². The Morgan fingerprint density at radius 1 is 1.15 bits per heavy atom. The Kier molecular flexibility index (Phi) is 5.24. The van der Waals surface area contributed by atoms with Gasteiger partial charge in [0.2, 0.25) is 5.13 Å². The van der Waals surface area contributed by atoms with E-state index in [0.29, 0.717) is 17.7 Å². The van der Waals surface area contributed by atoms with Crippen LogP contribution in [0.1, 0.15) is 22.3 Å². The van der Waals surface area contributed by atoms with Gasteiger partial charge in [-0.2, -0.15) is 0 Å². The molecule has 134 valence electrons. The third-order valence-electron chi connectivity index (χ3n) is 3.34. The van der Waals surface area contributed by atoms with Crippen molar-refractivity contribution in [3.05, 3.63) is 59.4 Å². The van der Waals surface area contributed by atoms with Gasteiger partial charge in [0.15, 0.2) is 0 Å². The zero-order valence-corrected chi connectivity index (χ0v) is 15.3. The summed E-state index contributed by atoms with van der Waals surface area (Å²) in [4.78, 5) is 16.0. The lowest BCUT2D eigenvalue weighted by atomic mass is 10.2. The normalized spacial score (nSPS) is 11.1. The smallest absolute Gasteiger partial charge is 0.263 e. The summed E-state index contributed by atoms with van der Waals surface area (Å²) in [5.41, 5.74) is 0.885. The first-order valence-corrected chi connectivity index (χ1v) is 9.94. The predicted molar refractivity (Wildman–Crippen MR) is 98.7 cm³/mol. The summed E-state index contributed by atoms with van der Waals surface area (Å²) < 4.78 is 27.2. The van der Waals surface area contributed by atoms with E-state index in [0.717, 1.165) is 5.01 Å². The van der Waals surface area contributed by atoms with Crippen LogP contribution in [0, 0.1) is 0 Å². The molecule has 0 saturated carbocycles. The SMILES string of the molecule is CCc1nnc(NS(=O)(=O)c2ccc(NC(=O)c3cccnc3)cc2)s1. The lowest BCUT2D eigenvalue weighted by Crippen LogP contribution is -2.14. The second-order valence-corrected chi connectivity index (χ2v) is 7.92. The number of nitrogens with zero attached hydrogens (tertiary/aromatic N) is 3. The lowest BCUT2D eigenvalue weighted by molar-refractivity contribution is 0.102. The molecule has 3 aromatic rings. The van der Waals surface area contributed by atoms with E-state index in [1.165, 1.54) is 41.8 Å². The minimum absolute atomic E-state index is 0.0603. The van der Waals surface area contributed by atoms with Gasteiger partial charge in [-0.25, -0.2) is 8.42 Å². The molecule has 0 aliphatic heterocycles. The molecular formula is C16H15N5O3S2. The van der Waals surface area contributed by atoms with Crippen molar-refractivity contribution in [1.29, 1.82) is 0 Å². The molecule has 8 nitrogen and oxygen atoms in total. The average Bonchev–Trinajstić information content (AvgIpc) is 3.10. The van der Waals surface area contributed by atoms with Gasteiger partial charge in [0, 0.05) is 18.1 Å². The van der Waals surface area contributed by atoms with Crippen molar-refractivity contribution in [2.45, 2.75) is 18.2 Å². The summed E-state index contributed by atoms with van der Waals surface area (Å²) in [7, 11) is -3.77. The van der Waals surface area contributed by atoms with Crippen LogP contribution in [0.3, 0.4) is 0 Å². The van der Waals surface area contributed by atoms with Crippen LogP contribution in [0.4, 0.5) is 10.8 Å². The predicted octanol–water partition coefficient (Wildman–Crippen LogP) is 2.55. The van der Waals surface area contributed by atoms with E-state index in [1.807, 2.05) is 6.92 Å². The van der Waals surface area contributed by atoms with Crippen LogP contribution in [0.5, 0.6) is 0 Å². The monoisotopic (exact) mass is 389 g/mol. The molecule has 26 heavy (non-hydrogen) atoms. The van der Waals surface area contributed by atoms with Crippen molar-refractivity contribution in [2.24, 2.45) is 0 Å². The number of pyridine rings is 1. The average molecular weight is 389 g/mol. The number of aryl methyl sites for hydroxylation is 1. The number of hydrogen-bond donors (Lipinski definition) is 2. The Bertz CT molecular complexity index is 1000. The first-order chi connectivity index (χ1) is 12.5. The Morgan fingerprint density at radius 3 is 2.54 bits per heavy atom. The molecule has 0 bridgehead atoms. The highest BCUT2D eigenvalue weighted by Gasteiger charge is 2.17. The summed E-state index contributed by atoms with van der Waals surface area (Å²) >= 11 is 1.19. The number of sulfonamides is 1. The third kappa shape index (κ3) is 4.21. The molecule has 0 radical (unpaired) electrons. The Labute approximate surface area is 154 Å². The molecule has 2 aromatic heterocycles. The molecule has 10 heteroatoms. The fourth-order valence-corrected chi connectivity index (χ4v) is 3.94. The van der Waals surface area contributed by atoms with E-state index in [1.54, 1.807) is 18.3 Å². The maximum atomic E-state index is 12.4. The number of carbonyl (C=O) groups is 1. The molecule has 0 aliphatic rings. The second-order valence-electron chi connectivity index (χ2n) is 5.18. The Morgan fingerprint density at radius 2 is 1.92 bits per heavy atom. The number of nitrogens with one attached hydrogen (secondary N) is 2. The summed E-state index contributed by atoms with van der Waals surface area (Å²) in [6, 6.07) is 9.14. The molecular weight excluding hydrogens is 374 g/mol. The molecule has 2 N–H and O–H groups in total. The Hall–Kier alpha value is -2.85.